The summed E-state index contributed by atoms with van der Waals surface area (Å²) >= 11 is 0. The zero-order chi connectivity index (χ0) is 9.03. The third-order valence-corrected chi connectivity index (χ3v) is 87.8. The van der Waals surface area contributed by atoms with Crippen LogP contribution in [0, 0.1) is 0 Å². The summed E-state index contributed by atoms with van der Waals surface area (Å²) in [4.78, 5) is 0. The Morgan fingerprint density at radius 1 is 1.17 bits per heavy atom. The van der Waals surface area contributed by atoms with E-state index in [9.17, 15) is 0 Å². The molecule has 12 heavy (non-hydrogen) atoms. The van der Waals surface area contributed by atoms with E-state index >= 15 is 0 Å². The molecular formula is C3H9Si9. The molecule has 15 radical (unpaired) electrons. The molecule has 1 saturated heterocycles. The number of hydrogen-bond donors (Lipinski definition) is 0. The van der Waals surface area contributed by atoms with Crippen molar-refractivity contribution in [2.45, 2.75) is 19.6 Å². The Balaban J connectivity index is 2.52. The van der Waals surface area contributed by atoms with Gasteiger partial charge < -0.3 is 0 Å². The Morgan fingerprint density at radius 3 is 2.33 bits per heavy atom. The molecule has 1 rings (SSSR count). The van der Waals surface area contributed by atoms with Gasteiger partial charge in [-0.2, -0.15) is 0 Å². The normalized spacial score (nSPS) is 24.2. The molecule has 0 amide bonds. The number of hydrogen-bond acceptors (Lipinski definition) is 0. The maximum absolute atomic E-state index is 2.51. The number of rotatable bonds is 3. The molecule has 57 valence electrons. The van der Waals surface area contributed by atoms with Crippen molar-refractivity contribution in [3.8, 4) is 0 Å². The molecule has 0 aromatic carbocycles. The van der Waals surface area contributed by atoms with Gasteiger partial charge in [0.25, 0.3) is 0 Å². The van der Waals surface area contributed by atoms with Crippen molar-refractivity contribution in [3.63, 3.8) is 0 Å². The van der Waals surface area contributed by atoms with Gasteiger partial charge in [0.15, 0.2) is 0 Å². The molecule has 1 fully saturated rings. The van der Waals surface area contributed by atoms with Crippen LogP contribution in [0.3, 0.4) is 0 Å². The highest BCUT2D eigenvalue weighted by atomic mass is 30.4. The molecule has 0 spiro atoms. The van der Waals surface area contributed by atoms with Crippen LogP contribution in [0.15, 0.2) is 0 Å². The third-order valence-electron chi connectivity index (χ3n) is 1.75. The van der Waals surface area contributed by atoms with Crippen molar-refractivity contribution >= 4 is 74.8 Å². The Kier molecular flexibility index (Phi) is 5.75. The van der Waals surface area contributed by atoms with Crippen molar-refractivity contribution in [1.29, 1.82) is 0 Å². The Bertz CT molecular complexity index is 132. The van der Waals surface area contributed by atoms with Crippen molar-refractivity contribution in [3.05, 3.63) is 0 Å². The molecule has 0 nitrogen and oxygen atoms in total. The molecule has 9 heteroatoms. The summed E-state index contributed by atoms with van der Waals surface area (Å²) < 4.78 is 0. The highest BCUT2D eigenvalue weighted by molar-refractivity contribution is 8.07. The highest BCUT2D eigenvalue weighted by Gasteiger charge is 2.36. The van der Waals surface area contributed by atoms with E-state index in [0.717, 1.165) is 0 Å². The predicted octanol–water partition coefficient (Wildman–Crippen LogP) is -1.68. The predicted molar refractivity (Wildman–Crippen MR) is 69.4 cm³/mol. The van der Waals surface area contributed by atoms with Gasteiger partial charge in [0.2, 0.25) is 0 Å². The summed E-state index contributed by atoms with van der Waals surface area (Å²) in [5.41, 5.74) is 0. The van der Waals surface area contributed by atoms with Crippen LogP contribution in [-0.2, 0) is 0 Å². The minimum Gasteiger partial charge on any atom is -0.0761 e. The topological polar surface area (TPSA) is 0 Å². The fraction of sp³-hybridized carbons (Fsp3) is 1.00. The van der Waals surface area contributed by atoms with E-state index in [2.05, 4.69) is 19.6 Å². The molecule has 0 aliphatic carbocycles. The Labute approximate surface area is 93.9 Å². The average molecular weight is 298 g/mol. The van der Waals surface area contributed by atoms with E-state index < -0.39 is 6.14 Å². The zero-order valence-electron chi connectivity index (χ0n) is 7.50. The summed E-state index contributed by atoms with van der Waals surface area (Å²) in [6.07, 6.45) is -0.532. The second-order valence-corrected chi connectivity index (χ2v) is 50.6. The summed E-state index contributed by atoms with van der Waals surface area (Å²) in [7, 11) is 10.4. The molecule has 1 heterocycles. The van der Waals surface area contributed by atoms with Gasteiger partial charge in [0, 0.05) is 74.8 Å². The largest absolute Gasteiger partial charge is 0.0761 e. The van der Waals surface area contributed by atoms with E-state index in [1.807, 2.05) is 0 Å². The monoisotopic (exact) mass is 297 g/mol. The lowest BCUT2D eigenvalue weighted by atomic mass is 11.9. The summed E-state index contributed by atoms with van der Waals surface area (Å²) in [6.45, 7) is 7.50. The zero-order valence-corrected chi connectivity index (χ0v) is 16.5. The van der Waals surface area contributed by atoms with Gasteiger partial charge in [-0.1, -0.05) is 19.6 Å². The van der Waals surface area contributed by atoms with Gasteiger partial charge in [-0.15, -0.1) is 0 Å². The SMILES string of the molecule is C[Si][Si]1[Si][Si][Si][Si]([Si]C)([Si]C)[Si]1. The molecule has 0 N–H and O–H groups in total. The van der Waals surface area contributed by atoms with E-state index in [4.69, 9.17) is 0 Å². The van der Waals surface area contributed by atoms with Gasteiger partial charge in [-0.05, 0) is 0 Å². The van der Waals surface area contributed by atoms with Crippen molar-refractivity contribution in [2.75, 3.05) is 0 Å². The fourth-order valence-corrected chi connectivity index (χ4v) is 140. The average Bonchev–Trinajstić information content (AvgIpc) is 2.18. The van der Waals surface area contributed by atoms with Crippen LogP contribution < -0.4 is 0 Å². The molecule has 0 atom stereocenters. The molecule has 0 bridgehead atoms. The minimum absolute atomic E-state index is 0.261. The lowest BCUT2D eigenvalue weighted by Crippen LogP contribution is -2.72. The maximum Gasteiger partial charge on any atom is 0.0148 e. The first-order chi connectivity index (χ1) is 5.76. The smallest absolute Gasteiger partial charge is 0.0148 e. The lowest BCUT2D eigenvalue weighted by molar-refractivity contribution is 2.32. The molecule has 1 aliphatic rings. The molecular weight excluding hydrogens is 289 g/mol. The van der Waals surface area contributed by atoms with Crippen LogP contribution in [0.5, 0.6) is 0 Å². The van der Waals surface area contributed by atoms with Gasteiger partial charge >= 0.3 is 0 Å². The second-order valence-electron chi connectivity index (χ2n) is 2.38. The Morgan fingerprint density at radius 2 is 1.83 bits per heavy atom. The third kappa shape index (κ3) is 2.97. The highest BCUT2D eigenvalue weighted by Crippen LogP contribution is 2.01. The first-order valence-electron chi connectivity index (χ1n) is 3.75. The van der Waals surface area contributed by atoms with Crippen molar-refractivity contribution in [2.24, 2.45) is 0 Å². The van der Waals surface area contributed by atoms with E-state index in [-0.39, 0.29) is 7.35 Å². The maximum atomic E-state index is 2.51. The van der Waals surface area contributed by atoms with Crippen molar-refractivity contribution < 1.29 is 0 Å². The van der Waals surface area contributed by atoms with Gasteiger partial charge in [-0.25, -0.2) is 0 Å². The molecule has 0 aromatic heterocycles. The van der Waals surface area contributed by atoms with Crippen LogP contribution in [0.4, 0.5) is 0 Å². The van der Waals surface area contributed by atoms with Gasteiger partial charge in [0.05, 0.1) is 0 Å². The van der Waals surface area contributed by atoms with Crippen LogP contribution in [0.1, 0.15) is 0 Å². The molecule has 1 aliphatic heterocycles. The van der Waals surface area contributed by atoms with Crippen LogP contribution in [0.25, 0.3) is 0 Å². The molecule has 0 saturated carbocycles. The molecule has 0 unspecified atom stereocenters. The van der Waals surface area contributed by atoms with Gasteiger partial charge in [-0.3, -0.25) is 0 Å². The van der Waals surface area contributed by atoms with Crippen molar-refractivity contribution in [1.82, 2.24) is 0 Å². The van der Waals surface area contributed by atoms with Gasteiger partial charge in [0.1, 0.15) is 0 Å². The van der Waals surface area contributed by atoms with Crippen LogP contribution in [0.2, 0.25) is 19.6 Å². The summed E-state index contributed by atoms with van der Waals surface area (Å²) in [6, 6.07) is 0. The van der Waals surface area contributed by atoms with E-state index in [1.165, 1.54) is 52.8 Å². The van der Waals surface area contributed by atoms with E-state index in [0.29, 0.717) is 0 Å². The fourth-order valence-electron chi connectivity index (χ4n) is 0.938. The summed E-state index contributed by atoms with van der Waals surface area (Å²) in [5, 5.41) is 0. The molecule has 0 aromatic rings. The van der Waals surface area contributed by atoms with Crippen LogP contribution >= 0.6 is 0 Å². The lowest BCUT2D eigenvalue weighted by Gasteiger charge is -2.35. The van der Waals surface area contributed by atoms with E-state index in [1.54, 1.807) is 8.55 Å². The first kappa shape index (κ1) is 12.0. The standard InChI is InChI=1S/C3H9Si9/c1-4-11-8-7-9-12(5-2,6-3)10-11/h1-3H3. The van der Waals surface area contributed by atoms with Crippen LogP contribution in [-0.4, -0.2) is 74.8 Å². The summed E-state index contributed by atoms with van der Waals surface area (Å²) in [5.74, 6) is 0. The Hall–Kier alpha value is 1.95. The second kappa shape index (κ2) is 5.74. The quantitative estimate of drug-likeness (QED) is 0.546. The first-order valence-corrected chi connectivity index (χ1v) is 24.8. The minimum atomic E-state index is -0.532.